The molecule has 2 aliphatic heterocycles. The van der Waals surface area contributed by atoms with Crippen LogP contribution in [0.1, 0.15) is 46.0 Å². The number of rotatable bonds is 4. The average Bonchev–Trinajstić information content (AvgIpc) is 2.80. The van der Waals surface area contributed by atoms with Gasteiger partial charge in [0.15, 0.2) is 17.6 Å². The minimum Gasteiger partial charge on any atom is -0.507 e. The van der Waals surface area contributed by atoms with Crippen LogP contribution >= 0.6 is 0 Å². The van der Waals surface area contributed by atoms with Gasteiger partial charge in [-0.05, 0) is 75.3 Å². The normalized spacial score (nSPS) is 25.9. The number of pyridine rings is 1. The van der Waals surface area contributed by atoms with Crippen LogP contribution in [0.2, 0.25) is 0 Å². The third-order valence-electron chi connectivity index (χ3n) is 7.67. The minimum absolute atomic E-state index is 0.0708. The second kappa shape index (κ2) is 8.41. The predicted octanol–water partition coefficient (Wildman–Crippen LogP) is 3.64. The number of halogens is 1. The summed E-state index contributed by atoms with van der Waals surface area (Å²) in [7, 11) is 3.41. The summed E-state index contributed by atoms with van der Waals surface area (Å²) in [5.41, 5.74) is 1.12. The highest BCUT2D eigenvalue weighted by Crippen LogP contribution is 2.41. The lowest BCUT2D eigenvalue weighted by atomic mass is 9.69. The molecule has 1 aromatic carbocycles. The fourth-order valence-electron chi connectivity index (χ4n) is 5.82. The highest BCUT2D eigenvalue weighted by Gasteiger charge is 2.46. The van der Waals surface area contributed by atoms with Gasteiger partial charge in [0.2, 0.25) is 0 Å². The molecule has 0 radical (unpaired) electrons. The van der Waals surface area contributed by atoms with Gasteiger partial charge in [0.05, 0.1) is 11.8 Å². The van der Waals surface area contributed by atoms with E-state index in [-0.39, 0.29) is 16.8 Å². The molecule has 2 aliphatic rings. The molecule has 0 spiro atoms. The Morgan fingerprint density at radius 1 is 1.11 bits per heavy atom. The maximum Gasteiger partial charge on any atom is 0.253 e. The first-order valence-corrected chi connectivity index (χ1v) is 12.0. The number of phenolic OH excluding ortho intramolecular Hbond substituents is 1. The predicted molar refractivity (Wildman–Crippen MR) is 133 cm³/mol. The number of nitrogens with one attached hydrogen (secondary N) is 1. The zero-order valence-corrected chi connectivity index (χ0v) is 20.5. The lowest BCUT2D eigenvalue weighted by Gasteiger charge is -2.55. The highest BCUT2D eigenvalue weighted by molar-refractivity contribution is 5.72. The number of phenols is 1. The van der Waals surface area contributed by atoms with Crippen LogP contribution in [0, 0.1) is 5.95 Å². The molecule has 0 aliphatic carbocycles. The summed E-state index contributed by atoms with van der Waals surface area (Å²) in [6.45, 7) is 4.62. The number of aromatic nitrogens is 4. The van der Waals surface area contributed by atoms with Gasteiger partial charge in [-0.2, -0.15) is 4.39 Å². The molecule has 1 unspecified atom stereocenters. The molecule has 8 nitrogen and oxygen atoms in total. The van der Waals surface area contributed by atoms with Gasteiger partial charge in [-0.25, -0.2) is 4.98 Å². The number of fused-ring (bicyclic) bond motifs is 2. The second-order valence-corrected chi connectivity index (χ2v) is 10.6. The van der Waals surface area contributed by atoms with Crippen LogP contribution < -0.4 is 15.8 Å². The maximum absolute atomic E-state index is 14.0. The first kappa shape index (κ1) is 23.4. The summed E-state index contributed by atoms with van der Waals surface area (Å²) in [5, 5.41) is 23.2. The van der Waals surface area contributed by atoms with Crippen LogP contribution in [0.15, 0.2) is 41.3 Å². The fourth-order valence-corrected chi connectivity index (χ4v) is 5.82. The van der Waals surface area contributed by atoms with E-state index in [9.17, 15) is 14.3 Å². The molecule has 3 atom stereocenters. The molecule has 5 rings (SSSR count). The summed E-state index contributed by atoms with van der Waals surface area (Å²) in [5.74, 6) is 0.266. The number of hydrogen-bond donors (Lipinski definition) is 2. The summed E-state index contributed by atoms with van der Waals surface area (Å²) >= 11 is 0. The van der Waals surface area contributed by atoms with Crippen molar-refractivity contribution in [1.82, 2.24) is 25.1 Å². The highest BCUT2D eigenvalue weighted by atomic mass is 19.1. The molecular formula is C26H31FN6O2. The van der Waals surface area contributed by atoms with Crippen LogP contribution in [0.5, 0.6) is 5.75 Å². The molecule has 0 saturated carbocycles. The van der Waals surface area contributed by atoms with Gasteiger partial charge in [0, 0.05) is 37.3 Å². The zero-order chi connectivity index (χ0) is 25.0. The first-order valence-electron chi connectivity index (χ1n) is 12.0. The Bertz CT molecular complexity index is 1310. The Balaban J connectivity index is 1.37. The van der Waals surface area contributed by atoms with E-state index in [2.05, 4.69) is 39.2 Å². The average molecular weight is 479 g/mol. The SMILES string of the molecule is CN(c1cnc(-c2ccc(-c3cc(F)n(C)c(=O)c3)cc2O)nn1)C1C[C@]2(C)CCC[C@](C)(C1)N2. The maximum atomic E-state index is 14.0. The number of nitrogens with zero attached hydrogens (tertiary/aromatic N) is 5. The standard InChI is InChI=1S/C26H31FN6O2/c1-25-8-5-9-26(2,31-25)14-18(13-25)32(3)22-15-28-24(30-29-22)19-7-6-16(10-20(19)34)17-11-21(27)33(4)23(35)12-17/h6-7,10-12,15,18,31,34H,5,8-9,13-14H2,1-4H3/t18?,25-,26+. The van der Waals surface area contributed by atoms with Crippen molar-refractivity contribution in [3.05, 3.63) is 52.8 Å². The smallest absolute Gasteiger partial charge is 0.253 e. The van der Waals surface area contributed by atoms with Crippen LogP contribution in [0.3, 0.4) is 0 Å². The van der Waals surface area contributed by atoms with Gasteiger partial charge in [-0.3, -0.25) is 9.36 Å². The fraction of sp³-hybridized carbons (Fsp3) is 0.462. The molecule has 184 valence electrons. The molecule has 35 heavy (non-hydrogen) atoms. The Morgan fingerprint density at radius 3 is 2.43 bits per heavy atom. The van der Waals surface area contributed by atoms with Gasteiger partial charge in [0.25, 0.3) is 5.56 Å². The molecule has 3 aromatic rings. The van der Waals surface area contributed by atoms with Crippen molar-refractivity contribution >= 4 is 5.82 Å². The van der Waals surface area contributed by atoms with E-state index in [0.29, 0.717) is 34.4 Å². The monoisotopic (exact) mass is 478 g/mol. The Kier molecular flexibility index (Phi) is 5.62. The molecule has 0 amide bonds. The van der Waals surface area contributed by atoms with Gasteiger partial charge in [-0.1, -0.05) is 6.07 Å². The van der Waals surface area contributed by atoms with Gasteiger partial charge >= 0.3 is 0 Å². The van der Waals surface area contributed by atoms with Gasteiger partial charge < -0.3 is 15.3 Å². The van der Waals surface area contributed by atoms with Crippen molar-refractivity contribution in [3.63, 3.8) is 0 Å². The Labute approximate surface area is 203 Å². The topological polar surface area (TPSA) is 96.2 Å². The molecule has 9 heteroatoms. The third kappa shape index (κ3) is 4.40. The molecule has 2 N–H and O–H groups in total. The lowest BCUT2D eigenvalue weighted by Crippen LogP contribution is -2.66. The van der Waals surface area contributed by atoms with Crippen molar-refractivity contribution in [2.45, 2.75) is 63.1 Å². The molecule has 2 fully saturated rings. The van der Waals surface area contributed by atoms with Crippen LogP contribution in [0.4, 0.5) is 10.2 Å². The van der Waals surface area contributed by atoms with E-state index < -0.39 is 11.5 Å². The van der Waals surface area contributed by atoms with Crippen molar-refractivity contribution in [3.8, 4) is 28.3 Å². The van der Waals surface area contributed by atoms with E-state index in [1.54, 1.807) is 18.3 Å². The lowest BCUT2D eigenvalue weighted by molar-refractivity contribution is 0.0784. The second-order valence-electron chi connectivity index (χ2n) is 10.6. The first-order chi connectivity index (χ1) is 16.6. The zero-order valence-electron chi connectivity index (χ0n) is 20.5. The Morgan fingerprint density at radius 2 is 1.83 bits per heavy atom. The Hall–Kier alpha value is -3.33. The largest absolute Gasteiger partial charge is 0.507 e. The number of anilines is 1. The van der Waals surface area contributed by atoms with Crippen molar-refractivity contribution in [1.29, 1.82) is 0 Å². The molecule has 4 heterocycles. The number of piperidine rings is 2. The van der Waals surface area contributed by atoms with E-state index in [4.69, 9.17) is 0 Å². The minimum atomic E-state index is -0.649. The van der Waals surface area contributed by atoms with E-state index >= 15 is 0 Å². The van der Waals surface area contributed by atoms with Crippen molar-refractivity contribution in [2.24, 2.45) is 7.05 Å². The van der Waals surface area contributed by atoms with E-state index in [1.165, 1.54) is 44.5 Å². The van der Waals surface area contributed by atoms with Crippen molar-refractivity contribution < 1.29 is 9.50 Å². The summed E-state index contributed by atoms with van der Waals surface area (Å²) in [4.78, 5) is 18.6. The van der Waals surface area contributed by atoms with Crippen LogP contribution in [0.25, 0.3) is 22.5 Å². The molecule has 2 saturated heterocycles. The van der Waals surface area contributed by atoms with Gasteiger partial charge in [-0.15, -0.1) is 10.2 Å². The summed E-state index contributed by atoms with van der Waals surface area (Å²) < 4.78 is 14.9. The molecular weight excluding hydrogens is 447 g/mol. The quantitative estimate of drug-likeness (QED) is 0.553. The van der Waals surface area contributed by atoms with E-state index in [1.807, 2.05) is 7.05 Å². The summed E-state index contributed by atoms with van der Waals surface area (Å²) in [6, 6.07) is 7.74. The number of benzene rings is 1. The van der Waals surface area contributed by atoms with Crippen molar-refractivity contribution in [2.75, 3.05) is 11.9 Å². The number of hydrogen-bond acceptors (Lipinski definition) is 7. The molecule has 2 aromatic heterocycles. The summed E-state index contributed by atoms with van der Waals surface area (Å²) in [6.07, 6.45) is 7.37. The van der Waals surface area contributed by atoms with Gasteiger partial charge in [0.1, 0.15) is 5.75 Å². The van der Waals surface area contributed by atoms with E-state index in [0.717, 1.165) is 17.4 Å². The third-order valence-corrected chi connectivity index (χ3v) is 7.67. The molecule has 2 bridgehead atoms. The number of aromatic hydroxyl groups is 1. The van der Waals surface area contributed by atoms with Crippen LogP contribution in [-0.4, -0.2) is 49.0 Å². The van der Waals surface area contributed by atoms with Crippen LogP contribution in [-0.2, 0) is 7.05 Å².